The summed E-state index contributed by atoms with van der Waals surface area (Å²) in [6.07, 6.45) is -0.250. The number of benzene rings is 1. The number of carbonyl (C=O) groups is 5. The largest absolute Gasteiger partial charge is 0.480 e. The number of alkyl carbamates (subject to hydrolysis) is 2. The summed E-state index contributed by atoms with van der Waals surface area (Å²) < 4.78 is 11.8. The first-order valence-corrected chi connectivity index (χ1v) is 13.2. The van der Waals surface area contributed by atoms with Crippen molar-refractivity contribution in [3.05, 3.63) is 36.0 Å². The lowest BCUT2D eigenvalue weighted by Gasteiger charge is -2.29. The molecule has 3 amide bonds. The number of carboxylic acids is 1. The van der Waals surface area contributed by atoms with E-state index in [-0.39, 0.29) is 6.42 Å². The van der Waals surface area contributed by atoms with Gasteiger partial charge in [0.25, 0.3) is 5.91 Å². The van der Waals surface area contributed by atoms with Crippen LogP contribution in [0.1, 0.15) is 79.6 Å². The number of ether oxygens (including phenoxy) is 2. The average Bonchev–Trinajstić information content (AvgIpc) is 3.12. The lowest BCUT2D eigenvalue weighted by molar-refractivity contribution is -0.142. The van der Waals surface area contributed by atoms with Crippen molar-refractivity contribution in [1.82, 2.24) is 20.5 Å². The fraction of sp³-hybridized carbons (Fsp3) is 0.552. The summed E-state index contributed by atoms with van der Waals surface area (Å²) in [6, 6.07) is 5.52. The Kier molecular flexibility index (Phi) is 9.53. The Labute approximate surface area is 240 Å². The van der Waals surface area contributed by atoms with Crippen molar-refractivity contribution in [2.75, 3.05) is 0 Å². The SMILES string of the molecule is CC(C)(C)OC(=O)NC(C)(C)C(=O)N[C@H](Cc1cn(C(=O)C(C)(C)NC(=O)OC(C)(C)C)c2ccccc12)C(=O)O. The van der Waals surface area contributed by atoms with E-state index in [2.05, 4.69) is 16.0 Å². The molecule has 2 aromatic rings. The minimum Gasteiger partial charge on any atom is -0.480 e. The van der Waals surface area contributed by atoms with Crippen LogP contribution in [0.15, 0.2) is 30.5 Å². The molecule has 0 bridgehead atoms. The quantitative estimate of drug-likeness (QED) is 0.367. The van der Waals surface area contributed by atoms with Gasteiger partial charge in [0.1, 0.15) is 28.3 Å². The van der Waals surface area contributed by atoms with Gasteiger partial charge in [-0.2, -0.15) is 0 Å². The van der Waals surface area contributed by atoms with Crippen molar-refractivity contribution in [1.29, 1.82) is 0 Å². The standard InChI is InChI=1S/C29H42N4O8/c1-26(2,3)40-24(38)31-28(7,8)22(36)30-19(21(34)35)15-17-16-33(20-14-12-11-13-18(17)20)23(37)29(9,10)32-25(39)41-27(4,5)6/h11-14,16,19H,15H2,1-10H3,(H,30,36)(H,31,38)(H,32,39)(H,34,35)/t19-/m1/s1. The van der Waals surface area contributed by atoms with E-state index in [0.29, 0.717) is 16.5 Å². The van der Waals surface area contributed by atoms with Crippen molar-refractivity contribution < 1.29 is 38.6 Å². The van der Waals surface area contributed by atoms with Gasteiger partial charge in [0.05, 0.1) is 5.52 Å². The number of nitrogens with one attached hydrogen (secondary N) is 3. The van der Waals surface area contributed by atoms with Crippen LogP contribution < -0.4 is 16.0 Å². The predicted molar refractivity (Wildman–Crippen MR) is 153 cm³/mol. The van der Waals surface area contributed by atoms with Gasteiger partial charge in [0, 0.05) is 18.0 Å². The molecule has 41 heavy (non-hydrogen) atoms. The number of carboxylic acid groups (broad SMARTS) is 1. The summed E-state index contributed by atoms with van der Waals surface area (Å²) in [5.74, 6) is -2.52. The van der Waals surface area contributed by atoms with Crippen LogP contribution in [-0.4, -0.2) is 68.0 Å². The molecule has 0 radical (unpaired) electrons. The molecule has 0 unspecified atom stereocenters. The number of carbonyl (C=O) groups excluding carboxylic acids is 4. The highest BCUT2D eigenvalue weighted by Crippen LogP contribution is 2.25. The minimum absolute atomic E-state index is 0.162. The molecule has 1 aromatic heterocycles. The molecule has 12 nitrogen and oxygen atoms in total. The Morgan fingerprint density at radius 3 is 1.78 bits per heavy atom. The van der Waals surface area contributed by atoms with Crippen LogP contribution in [0, 0.1) is 0 Å². The fourth-order valence-electron chi connectivity index (χ4n) is 3.87. The first-order chi connectivity index (χ1) is 18.5. The van der Waals surface area contributed by atoms with Gasteiger partial charge in [-0.05, 0) is 80.9 Å². The summed E-state index contributed by atoms with van der Waals surface area (Å²) >= 11 is 0. The maximum atomic E-state index is 13.6. The molecule has 1 aromatic carbocycles. The van der Waals surface area contributed by atoms with Crippen molar-refractivity contribution >= 4 is 40.9 Å². The maximum Gasteiger partial charge on any atom is 0.408 e. The number of amides is 3. The number of nitrogens with zero attached hydrogens (tertiary/aromatic N) is 1. The second kappa shape index (κ2) is 11.8. The average molecular weight is 575 g/mol. The topological polar surface area (TPSA) is 165 Å². The molecule has 0 spiro atoms. The van der Waals surface area contributed by atoms with Crippen molar-refractivity contribution in [3.8, 4) is 0 Å². The Bertz CT molecular complexity index is 1330. The van der Waals surface area contributed by atoms with Crippen molar-refractivity contribution in [2.45, 2.75) is 104 Å². The summed E-state index contributed by atoms with van der Waals surface area (Å²) in [5.41, 5.74) is -3.44. The molecular weight excluding hydrogens is 532 g/mol. The second-order valence-electron chi connectivity index (χ2n) is 12.9. The zero-order chi connectivity index (χ0) is 31.6. The molecule has 0 aliphatic heterocycles. The molecule has 0 fully saturated rings. The number of hydrogen-bond acceptors (Lipinski definition) is 7. The highest BCUT2D eigenvalue weighted by molar-refractivity contribution is 6.00. The molecule has 12 heteroatoms. The van der Waals surface area contributed by atoms with Crippen LogP contribution in [0.5, 0.6) is 0 Å². The molecule has 0 saturated heterocycles. The number of para-hydroxylation sites is 1. The van der Waals surface area contributed by atoms with Crippen molar-refractivity contribution in [3.63, 3.8) is 0 Å². The van der Waals surface area contributed by atoms with E-state index in [4.69, 9.17) is 9.47 Å². The number of aliphatic carboxylic acids is 1. The fourth-order valence-corrected chi connectivity index (χ4v) is 3.87. The Hall–Kier alpha value is -4.09. The smallest absolute Gasteiger partial charge is 0.408 e. The summed E-state index contributed by atoms with van der Waals surface area (Å²) in [5, 5.41) is 18.1. The summed E-state index contributed by atoms with van der Waals surface area (Å²) in [6.45, 7) is 16.1. The van der Waals surface area contributed by atoms with Crippen LogP contribution in [0.2, 0.25) is 0 Å². The molecule has 0 aliphatic rings. The Balaban J connectivity index is 2.33. The van der Waals surface area contributed by atoms with Crippen LogP contribution in [0.3, 0.4) is 0 Å². The number of rotatable bonds is 8. The van der Waals surface area contributed by atoms with Crippen LogP contribution >= 0.6 is 0 Å². The molecule has 0 saturated carbocycles. The molecule has 4 N–H and O–H groups in total. The second-order valence-corrected chi connectivity index (χ2v) is 12.9. The van der Waals surface area contributed by atoms with Gasteiger partial charge in [-0.15, -0.1) is 0 Å². The molecular formula is C29H42N4O8. The van der Waals surface area contributed by atoms with Gasteiger partial charge in [-0.3, -0.25) is 14.2 Å². The van der Waals surface area contributed by atoms with Crippen LogP contribution in [0.25, 0.3) is 10.9 Å². The first-order valence-electron chi connectivity index (χ1n) is 13.2. The zero-order valence-electron chi connectivity index (χ0n) is 25.4. The van der Waals surface area contributed by atoms with E-state index >= 15 is 0 Å². The molecule has 1 heterocycles. The van der Waals surface area contributed by atoms with E-state index in [1.54, 1.807) is 65.8 Å². The summed E-state index contributed by atoms with van der Waals surface area (Å²) in [7, 11) is 0. The number of fused-ring (bicyclic) bond motifs is 1. The van der Waals surface area contributed by atoms with Gasteiger partial charge in [-0.25, -0.2) is 14.4 Å². The maximum absolute atomic E-state index is 13.6. The minimum atomic E-state index is -1.49. The van der Waals surface area contributed by atoms with Gasteiger partial charge >= 0.3 is 18.2 Å². The van der Waals surface area contributed by atoms with Gasteiger partial charge < -0.3 is 30.5 Å². The third-order valence-corrected chi connectivity index (χ3v) is 5.77. The predicted octanol–water partition coefficient (Wildman–Crippen LogP) is 4.00. The molecule has 226 valence electrons. The number of hydrogen-bond donors (Lipinski definition) is 4. The van der Waals surface area contributed by atoms with Crippen LogP contribution in [-0.2, 0) is 25.5 Å². The Morgan fingerprint density at radius 1 is 0.805 bits per heavy atom. The summed E-state index contributed by atoms with van der Waals surface area (Å²) in [4.78, 5) is 63.4. The molecule has 2 rings (SSSR count). The van der Waals surface area contributed by atoms with Gasteiger partial charge in [0.2, 0.25) is 5.91 Å². The zero-order valence-corrected chi connectivity index (χ0v) is 25.4. The van der Waals surface area contributed by atoms with E-state index in [9.17, 15) is 29.1 Å². The highest BCUT2D eigenvalue weighted by atomic mass is 16.6. The third kappa shape index (κ3) is 9.22. The third-order valence-electron chi connectivity index (χ3n) is 5.77. The number of aromatic nitrogens is 1. The lowest BCUT2D eigenvalue weighted by atomic mass is 10.0. The van der Waals surface area contributed by atoms with E-state index in [0.717, 1.165) is 0 Å². The van der Waals surface area contributed by atoms with Gasteiger partial charge in [-0.1, -0.05) is 18.2 Å². The molecule has 0 aliphatic carbocycles. The van der Waals surface area contributed by atoms with E-state index < -0.39 is 58.3 Å². The Morgan fingerprint density at radius 2 is 1.29 bits per heavy atom. The van der Waals surface area contributed by atoms with E-state index in [1.807, 2.05) is 0 Å². The monoisotopic (exact) mass is 574 g/mol. The normalized spacial score (nSPS) is 13.2. The van der Waals surface area contributed by atoms with E-state index in [1.165, 1.54) is 38.5 Å². The molecule has 1 atom stereocenters. The lowest BCUT2D eigenvalue weighted by Crippen LogP contribution is -2.58. The van der Waals surface area contributed by atoms with Gasteiger partial charge in [0.15, 0.2) is 0 Å². The first kappa shape index (κ1) is 33.1. The highest BCUT2D eigenvalue weighted by Gasteiger charge is 2.36. The van der Waals surface area contributed by atoms with Crippen molar-refractivity contribution in [2.24, 2.45) is 0 Å². The van der Waals surface area contributed by atoms with Crippen LogP contribution in [0.4, 0.5) is 9.59 Å².